The Labute approximate surface area is 204 Å². The maximum atomic E-state index is 12.4. The third kappa shape index (κ3) is 5.59. The molecule has 0 saturated heterocycles. The molecule has 0 spiro atoms. The zero-order valence-electron chi connectivity index (χ0n) is 18.6. The quantitative estimate of drug-likeness (QED) is 0.357. The number of hydrogen-bond acceptors (Lipinski definition) is 5. The Morgan fingerprint density at radius 1 is 1.00 bits per heavy atom. The average Bonchev–Trinajstić information content (AvgIpc) is 2.86. The van der Waals surface area contributed by atoms with Crippen molar-refractivity contribution in [1.29, 1.82) is 0 Å². The molecule has 1 aromatic heterocycles. The Morgan fingerprint density at radius 3 is 2.49 bits per heavy atom. The number of nitrogens with one attached hydrogen (secondary N) is 3. The summed E-state index contributed by atoms with van der Waals surface area (Å²) in [5, 5.41) is 0.943. The van der Waals surface area contributed by atoms with Crippen molar-refractivity contribution in [3.8, 4) is 5.75 Å². The molecular formula is C25H21ClN4O5. The number of halogens is 1. The van der Waals surface area contributed by atoms with E-state index in [0.29, 0.717) is 28.5 Å². The number of carbonyl (C=O) groups is 2. The maximum Gasteiger partial charge on any atom is 0.329 e. The van der Waals surface area contributed by atoms with Gasteiger partial charge in [-0.25, -0.2) is 4.79 Å². The van der Waals surface area contributed by atoms with Crippen LogP contribution in [0.15, 0.2) is 76.3 Å². The van der Waals surface area contributed by atoms with Gasteiger partial charge < -0.3 is 4.74 Å². The molecule has 4 aromatic rings. The lowest BCUT2D eigenvalue weighted by Crippen LogP contribution is -2.45. The molecule has 4 rings (SSSR count). The number of H-pyrrole nitrogens is 1. The highest BCUT2D eigenvalue weighted by Gasteiger charge is 2.12. The number of aromatic amines is 1. The Balaban J connectivity index is 1.33. The number of nitrogens with zero attached hydrogens (tertiary/aromatic N) is 1. The average molecular weight is 493 g/mol. The summed E-state index contributed by atoms with van der Waals surface area (Å²) < 4.78 is 6.87. The van der Waals surface area contributed by atoms with Crippen molar-refractivity contribution in [2.24, 2.45) is 0 Å². The topological polar surface area (TPSA) is 122 Å². The predicted octanol–water partition coefficient (Wildman–Crippen LogP) is 2.69. The lowest BCUT2D eigenvalue weighted by molar-refractivity contribution is -0.122. The molecule has 0 fully saturated rings. The summed E-state index contributed by atoms with van der Waals surface area (Å²) in [6.07, 6.45) is 0. The Bertz CT molecular complexity index is 1530. The zero-order valence-corrected chi connectivity index (χ0v) is 19.4. The summed E-state index contributed by atoms with van der Waals surface area (Å²) in [5.74, 6) is -0.482. The second-order valence-corrected chi connectivity index (χ2v) is 8.17. The third-order valence-corrected chi connectivity index (χ3v) is 5.70. The molecule has 0 aliphatic rings. The number of ether oxygens (including phenoxy) is 1. The number of fused-ring (bicyclic) bond motifs is 1. The minimum atomic E-state index is -0.721. The number of aromatic nitrogens is 2. The first-order valence-electron chi connectivity index (χ1n) is 10.6. The normalized spacial score (nSPS) is 10.7. The van der Waals surface area contributed by atoms with Crippen LogP contribution >= 0.6 is 11.6 Å². The summed E-state index contributed by atoms with van der Waals surface area (Å²) in [5.41, 5.74) is 5.74. The van der Waals surface area contributed by atoms with Crippen LogP contribution in [-0.4, -0.2) is 21.4 Å². The number of benzene rings is 3. The van der Waals surface area contributed by atoms with Gasteiger partial charge in [-0.1, -0.05) is 35.9 Å². The fraction of sp³-hybridized carbons (Fsp3) is 0.120. The van der Waals surface area contributed by atoms with Crippen LogP contribution in [0.5, 0.6) is 5.75 Å². The molecule has 3 aromatic carbocycles. The molecular weight excluding hydrogens is 472 g/mol. The minimum absolute atomic E-state index is 0.277. The molecule has 1 heterocycles. The molecule has 35 heavy (non-hydrogen) atoms. The molecule has 0 saturated carbocycles. The van der Waals surface area contributed by atoms with Crippen LogP contribution in [0.25, 0.3) is 10.9 Å². The Morgan fingerprint density at radius 2 is 1.74 bits per heavy atom. The standard InChI is InChI=1S/C25H21ClN4O5/c1-15-12-18(10-11-20(15)26)35-14-16-6-8-17(9-7-16)23(32)29-28-22(31)13-30-21-5-3-2-4-19(21)24(33)27-25(30)34/h2-12H,13-14H2,1H3,(H,28,31)(H,29,32)(H,27,33,34). The summed E-state index contributed by atoms with van der Waals surface area (Å²) in [7, 11) is 0. The van der Waals surface area contributed by atoms with Crippen molar-refractivity contribution in [2.75, 3.05) is 0 Å². The second-order valence-electron chi connectivity index (χ2n) is 7.76. The van der Waals surface area contributed by atoms with E-state index in [4.69, 9.17) is 16.3 Å². The van der Waals surface area contributed by atoms with Crippen LogP contribution in [0, 0.1) is 6.92 Å². The van der Waals surface area contributed by atoms with Crippen molar-refractivity contribution in [1.82, 2.24) is 20.4 Å². The highest BCUT2D eigenvalue weighted by molar-refractivity contribution is 6.31. The number of carbonyl (C=O) groups excluding carboxylic acids is 2. The molecule has 0 radical (unpaired) electrons. The highest BCUT2D eigenvalue weighted by Crippen LogP contribution is 2.22. The van der Waals surface area contributed by atoms with Crippen LogP contribution in [-0.2, 0) is 17.9 Å². The van der Waals surface area contributed by atoms with Gasteiger partial charge in [0.05, 0.1) is 10.9 Å². The van der Waals surface area contributed by atoms with Gasteiger partial charge in [-0.15, -0.1) is 0 Å². The lowest BCUT2D eigenvalue weighted by atomic mass is 10.1. The Kier molecular flexibility index (Phi) is 6.98. The van der Waals surface area contributed by atoms with Crippen LogP contribution in [0.3, 0.4) is 0 Å². The van der Waals surface area contributed by atoms with Crippen molar-refractivity contribution >= 4 is 34.3 Å². The van der Waals surface area contributed by atoms with Crippen molar-refractivity contribution in [2.45, 2.75) is 20.1 Å². The van der Waals surface area contributed by atoms with Gasteiger partial charge in [0, 0.05) is 10.6 Å². The van der Waals surface area contributed by atoms with Crippen LogP contribution < -0.4 is 26.8 Å². The number of hydrogen-bond donors (Lipinski definition) is 3. The van der Waals surface area contributed by atoms with Gasteiger partial charge in [-0.05, 0) is 60.5 Å². The van der Waals surface area contributed by atoms with Gasteiger partial charge in [-0.3, -0.25) is 34.8 Å². The Hall–Kier alpha value is -4.37. The molecule has 10 heteroatoms. The molecule has 0 aliphatic heterocycles. The van der Waals surface area contributed by atoms with E-state index < -0.39 is 29.6 Å². The van der Waals surface area contributed by atoms with Crippen molar-refractivity contribution in [3.05, 3.63) is 109 Å². The second kappa shape index (κ2) is 10.3. The molecule has 178 valence electrons. The van der Waals surface area contributed by atoms with E-state index >= 15 is 0 Å². The number of para-hydroxylation sites is 1. The van der Waals surface area contributed by atoms with Gasteiger partial charge in [0.2, 0.25) is 0 Å². The highest BCUT2D eigenvalue weighted by atomic mass is 35.5. The van der Waals surface area contributed by atoms with Crippen LogP contribution in [0.1, 0.15) is 21.5 Å². The molecule has 0 atom stereocenters. The summed E-state index contributed by atoms with van der Waals surface area (Å²) in [4.78, 5) is 51.0. The van der Waals surface area contributed by atoms with Crippen LogP contribution in [0.2, 0.25) is 5.02 Å². The monoisotopic (exact) mass is 492 g/mol. The van der Waals surface area contributed by atoms with Gasteiger partial charge in [0.1, 0.15) is 18.9 Å². The van der Waals surface area contributed by atoms with E-state index in [1.165, 1.54) is 0 Å². The molecule has 3 N–H and O–H groups in total. The molecule has 0 unspecified atom stereocenters. The van der Waals surface area contributed by atoms with Crippen molar-refractivity contribution < 1.29 is 14.3 Å². The van der Waals surface area contributed by atoms with Gasteiger partial charge >= 0.3 is 5.69 Å². The van der Waals surface area contributed by atoms with E-state index in [1.54, 1.807) is 60.7 Å². The van der Waals surface area contributed by atoms with E-state index in [2.05, 4.69) is 15.8 Å². The summed E-state index contributed by atoms with van der Waals surface area (Å²) >= 11 is 6.02. The van der Waals surface area contributed by atoms with E-state index in [1.807, 2.05) is 13.0 Å². The first-order chi connectivity index (χ1) is 16.8. The first-order valence-corrected chi connectivity index (χ1v) is 11.0. The van der Waals surface area contributed by atoms with Gasteiger partial charge in [-0.2, -0.15) is 0 Å². The predicted molar refractivity (Wildman–Crippen MR) is 131 cm³/mol. The third-order valence-electron chi connectivity index (χ3n) is 5.27. The first kappa shape index (κ1) is 23.8. The van der Waals surface area contributed by atoms with Gasteiger partial charge in [0.15, 0.2) is 0 Å². The fourth-order valence-electron chi connectivity index (χ4n) is 3.41. The minimum Gasteiger partial charge on any atom is -0.489 e. The van der Waals surface area contributed by atoms with Crippen LogP contribution in [0.4, 0.5) is 0 Å². The molecule has 9 nitrogen and oxygen atoms in total. The molecule has 0 bridgehead atoms. The molecule has 0 aliphatic carbocycles. The largest absolute Gasteiger partial charge is 0.489 e. The number of aryl methyl sites for hydroxylation is 1. The van der Waals surface area contributed by atoms with E-state index in [9.17, 15) is 19.2 Å². The number of hydrazine groups is 1. The van der Waals surface area contributed by atoms with Crippen molar-refractivity contribution in [3.63, 3.8) is 0 Å². The smallest absolute Gasteiger partial charge is 0.329 e. The fourth-order valence-corrected chi connectivity index (χ4v) is 3.52. The number of amides is 2. The van der Waals surface area contributed by atoms with Gasteiger partial charge in [0.25, 0.3) is 17.4 Å². The zero-order chi connectivity index (χ0) is 24.9. The van der Waals surface area contributed by atoms with E-state index in [0.717, 1.165) is 15.7 Å². The lowest BCUT2D eigenvalue weighted by Gasteiger charge is -2.11. The molecule has 2 amide bonds. The summed E-state index contributed by atoms with van der Waals surface area (Å²) in [6, 6.07) is 18.5. The number of rotatable bonds is 6. The SMILES string of the molecule is Cc1cc(OCc2ccc(C(=O)NNC(=O)Cn3c(=O)[nH]c(=O)c4ccccc43)cc2)ccc1Cl. The summed E-state index contributed by atoms with van der Waals surface area (Å²) in [6.45, 7) is 1.81. The maximum absolute atomic E-state index is 12.4. The van der Waals surface area contributed by atoms with E-state index in [-0.39, 0.29) is 5.39 Å².